The normalized spacial score (nSPS) is 18.6. The molecule has 0 aliphatic carbocycles. The van der Waals surface area contributed by atoms with Gasteiger partial charge in [0, 0.05) is 37.6 Å². The molecule has 2 rings (SSSR count). The lowest BCUT2D eigenvalue weighted by Crippen LogP contribution is -2.40. The van der Waals surface area contributed by atoms with Gasteiger partial charge in [-0.3, -0.25) is 4.79 Å². The second-order valence-corrected chi connectivity index (χ2v) is 5.95. The van der Waals surface area contributed by atoms with Crippen LogP contribution in [0.1, 0.15) is 44.0 Å². The average Bonchev–Trinajstić information content (AvgIpc) is 2.49. The molecule has 0 saturated carbocycles. The Kier molecular flexibility index (Phi) is 5.10. The summed E-state index contributed by atoms with van der Waals surface area (Å²) in [4.78, 5) is 17.1. The van der Waals surface area contributed by atoms with Crippen LogP contribution in [0.5, 0.6) is 0 Å². The van der Waals surface area contributed by atoms with E-state index in [9.17, 15) is 4.79 Å². The summed E-state index contributed by atoms with van der Waals surface area (Å²) in [6.07, 6.45) is 2.30. The number of hydrogen-bond donors (Lipinski definition) is 1. The molecule has 2 N–H and O–H groups in total. The third-order valence-corrected chi connectivity index (χ3v) is 4.30. The number of benzene rings is 1. The lowest BCUT2D eigenvalue weighted by molar-refractivity contribution is 0.0683. The molecule has 0 aromatic heterocycles. The van der Waals surface area contributed by atoms with Gasteiger partial charge in [-0.1, -0.05) is 6.92 Å². The van der Waals surface area contributed by atoms with Crippen molar-refractivity contribution in [1.29, 1.82) is 0 Å². The van der Waals surface area contributed by atoms with Crippen molar-refractivity contribution in [3.63, 3.8) is 0 Å². The van der Waals surface area contributed by atoms with Gasteiger partial charge in [-0.05, 0) is 50.8 Å². The lowest BCUT2D eigenvalue weighted by Gasteiger charge is -2.32. The highest BCUT2D eigenvalue weighted by Crippen LogP contribution is 2.26. The van der Waals surface area contributed by atoms with E-state index in [1.54, 1.807) is 0 Å². The summed E-state index contributed by atoms with van der Waals surface area (Å²) in [5.41, 5.74) is 8.31. The van der Waals surface area contributed by atoms with E-state index in [2.05, 4.69) is 25.7 Å². The number of likely N-dealkylation sites (tertiary alicyclic amines) is 1. The van der Waals surface area contributed by atoms with Crippen molar-refractivity contribution in [2.45, 2.75) is 33.6 Å². The largest absolute Gasteiger partial charge is 0.399 e. The molecule has 1 aromatic rings. The second-order valence-electron chi connectivity index (χ2n) is 5.95. The van der Waals surface area contributed by atoms with Gasteiger partial charge in [0.15, 0.2) is 0 Å². The van der Waals surface area contributed by atoms with Crippen LogP contribution in [-0.2, 0) is 0 Å². The summed E-state index contributed by atoms with van der Waals surface area (Å²) >= 11 is 0. The number of amides is 1. The lowest BCUT2D eigenvalue weighted by atomic mass is 9.99. The molecule has 0 radical (unpaired) electrons. The third-order valence-electron chi connectivity index (χ3n) is 4.30. The van der Waals surface area contributed by atoms with Gasteiger partial charge in [0.1, 0.15) is 0 Å². The van der Waals surface area contributed by atoms with Crippen molar-refractivity contribution in [1.82, 2.24) is 4.90 Å². The van der Waals surface area contributed by atoms with E-state index in [-0.39, 0.29) is 5.91 Å². The van der Waals surface area contributed by atoms with Crippen LogP contribution < -0.4 is 10.6 Å². The number of nitrogens with zero attached hydrogens (tertiary/aromatic N) is 2. The first-order valence-electron chi connectivity index (χ1n) is 8.00. The maximum atomic E-state index is 12.9. The Morgan fingerprint density at radius 1 is 1.38 bits per heavy atom. The maximum absolute atomic E-state index is 12.9. The fourth-order valence-corrected chi connectivity index (χ4v) is 3.11. The smallest absolute Gasteiger partial charge is 0.256 e. The standard InChI is InChI=1S/C17H27N3O/c1-4-19(5-2)16-9-8-14(18)11-15(16)17(21)20-10-6-7-13(3)12-20/h8-9,11,13H,4-7,10,12,18H2,1-3H3/t13-/m0/s1. The van der Waals surface area contributed by atoms with E-state index in [4.69, 9.17) is 5.73 Å². The highest BCUT2D eigenvalue weighted by atomic mass is 16.2. The molecule has 1 fully saturated rings. The van der Waals surface area contributed by atoms with E-state index in [1.807, 2.05) is 23.1 Å². The number of anilines is 2. The molecule has 1 saturated heterocycles. The van der Waals surface area contributed by atoms with E-state index in [1.165, 1.54) is 6.42 Å². The third kappa shape index (κ3) is 3.49. The zero-order valence-electron chi connectivity index (χ0n) is 13.4. The number of nitrogen functional groups attached to an aromatic ring is 1. The average molecular weight is 289 g/mol. The van der Waals surface area contributed by atoms with Crippen molar-refractivity contribution in [2.24, 2.45) is 5.92 Å². The summed E-state index contributed by atoms with van der Waals surface area (Å²) < 4.78 is 0. The van der Waals surface area contributed by atoms with Gasteiger partial charge in [-0.25, -0.2) is 0 Å². The minimum Gasteiger partial charge on any atom is -0.399 e. The van der Waals surface area contributed by atoms with Crippen molar-refractivity contribution >= 4 is 17.3 Å². The summed E-state index contributed by atoms with van der Waals surface area (Å²) in [6, 6.07) is 5.68. The molecule has 1 amide bonds. The summed E-state index contributed by atoms with van der Waals surface area (Å²) in [6.45, 7) is 9.91. The Morgan fingerprint density at radius 2 is 2.10 bits per heavy atom. The molecular formula is C17H27N3O. The second kappa shape index (κ2) is 6.83. The quantitative estimate of drug-likeness (QED) is 0.867. The van der Waals surface area contributed by atoms with Crippen molar-refractivity contribution in [2.75, 3.05) is 36.8 Å². The van der Waals surface area contributed by atoms with Crippen LogP contribution in [0.3, 0.4) is 0 Å². The molecule has 1 atom stereocenters. The molecule has 21 heavy (non-hydrogen) atoms. The van der Waals surface area contributed by atoms with Gasteiger partial charge in [0.2, 0.25) is 0 Å². The van der Waals surface area contributed by atoms with Crippen LogP contribution in [0, 0.1) is 5.92 Å². The van der Waals surface area contributed by atoms with Crippen molar-refractivity contribution < 1.29 is 4.79 Å². The number of carbonyl (C=O) groups excluding carboxylic acids is 1. The van der Waals surface area contributed by atoms with Gasteiger partial charge < -0.3 is 15.5 Å². The maximum Gasteiger partial charge on any atom is 0.256 e. The van der Waals surface area contributed by atoms with Crippen LogP contribution in [0.15, 0.2) is 18.2 Å². The molecule has 0 unspecified atom stereocenters. The fraction of sp³-hybridized carbons (Fsp3) is 0.588. The minimum atomic E-state index is 0.121. The summed E-state index contributed by atoms with van der Waals surface area (Å²) in [5, 5.41) is 0. The van der Waals surface area contributed by atoms with Crippen molar-refractivity contribution in [3.05, 3.63) is 23.8 Å². The monoisotopic (exact) mass is 289 g/mol. The first kappa shape index (κ1) is 15.7. The molecule has 4 heteroatoms. The molecule has 1 heterocycles. The fourth-order valence-electron chi connectivity index (χ4n) is 3.11. The van der Waals surface area contributed by atoms with Gasteiger partial charge >= 0.3 is 0 Å². The molecule has 1 aliphatic rings. The number of rotatable bonds is 4. The highest BCUT2D eigenvalue weighted by molar-refractivity contribution is 6.00. The zero-order valence-corrected chi connectivity index (χ0v) is 13.4. The summed E-state index contributed by atoms with van der Waals surface area (Å²) in [5.74, 6) is 0.705. The predicted octanol–water partition coefficient (Wildman–Crippen LogP) is 2.99. The molecule has 0 spiro atoms. The van der Waals surface area contributed by atoms with Gasteiger partial charge in [0.05, 0.1) is 5.56 Å². The Hall–Kier alpha value is -1.71. The van der Waals surface area contributed by atoms with Gasteiger partial charge in [-0.2, -0.15) is 0 Å². The van der Waals surface area contributed by atoms with Crippen LogP contribution in [0.2, 0.25) is 0 Å². The van der Waals surface area contributed by atoms with Gasteiger partial charge in [-0.15, -0.1) is 0 Å². The number of nitrogens with two attached hydrogens (primary N) is 1. The number of carbonyl (C=O) groups is 1. The van der Waals surface area contributed by atoms with Crippen LogP contribution in [0.25, 0.3) is 0 Å². The molecule has 4 nitrogen and oxygen atoms in total. The van der Waals surface area contributed by atoms with Crippen LogP contribution in [-0.4, -0.2) is 37.0 Å². The molecule has 1 aliphatic heterocycles. The van der Waals surface area contributed by atoms with E-state index in [0.717, 1.165) is 43.9 Å². The number of piperidine rings is 1. The number of hydrogen-bond acceptors (Lipinski definition) is 3. The SMILES string of the molecule is CCN(CC)c1ccc(N)cc1C(=O)N1CCC[C@H](C)C1. The Morgan fingerprint density at radius 3 is 2.71 bits per heavy atom. The molecular weight excluding hydrogens is 262 g/mol. The van der Waals surface area contributed by atoms with Gasteiger partial charge in [0.25, 0.3) is 5.91 Å². The molecule has 1 aromatic carbocycles. The minimum absolute atomic E-state index is 0.121. The first-order valence-corrected chi connectivity index (χ1v) is 8.00. The van der Waals surface area contributed by atoms with E-state index < -0.39 is 0 Å². The first-order chi connectivity index (χ1) is 10.1. The zero-order chi connectivity index (χ0) is 15.4. The summed E-state index contributed by atoms with van der Waals surface area (Å²) in [7, 11) is 0. The van der Waals surface area contributed by atoms with E-state index >= 15 is 0 Å². The molecule has 0 bridgehead atoms. The van der Waals surface area contributed by atoms with Crippen molar-refractivity contribution in [3.8, 4) is 0 Å². The van der Waals surface area contributed by atoms with Crippen LogP contribution >= 0.6 is 0 Å². The topological polar surface area (TPSA) is 49.6 Å². The Bertz CT molecular complexity index is 497. The Labute approximate surface area is 127 Å². The highest BCUT2D eigenvalue weighted by Gasteiger charge is 2.25. The predicted molar refractivity (Wildman–Crippen MR) is 88.7 cm³/mol. The van der Waals surface area contributed by atoms with Crippen LogP contribution in [0.4, 0.5) is 11.4 Å². The Balaban J connectivity index is 2.32. The van der Waals surface area contributed by atoms with E-state index in [0.29, 0.717) is 11.6 Å². The molecule has 116 valence electrons.